The molecule has 1 saturated heterocycles. The molecule has 2 aromatic rings. The van der Waals surface area contributed by atoms with E-state index in [0.717, 1.165) is 23.9 Å². The molecule has 31 heavy (non-hydrogen) atoms. The fraction of sp³-hybridized carbons (Fsp3) is 0.545. The van der Waals surface area contributed by atoms with Crippen molar-refractivity contribution in [3.8, 4) is 0 Å². The number of fused-ring (bicyclic) bond motifs is 1. The largest absolute Gasteiger partial charge is 0.444 e. The number of ether oxygens (including phenoxy) is 1. The van der Waals surface area contributed by atoms with Crippen LogP contribution >= 0.6 is 11.8 Å². The monoisotopic (exact) mass is 446 g/mol. The summed E-state index contributed by atoms with van der Waals surface area (Å²) in [7, 11) is 0. The molecule has 1 aromatic heterocycles. The predicted molar refractivity (Wildman–Crippen MR) is 122 cm³/mol. The number of aromatic amines is 1. The van der Waals surface area contributed by atoms with Crippen molar-refractivity contribution in [2.75, 3.05) is 19.6 Å². The summed E-state index contributed by atoms with van der Waals surface area (Å²) in [6, 6.07) is 5.60. The molecule has 1 aliphatic heterocycles. The van der Waals surface area contributed by atoms with Crippen molar-refractivity contribution in [1.82, 2.24) is 20.2 Å². The number of carbonyl (C=O) groups is 2. The lowest BCUT2D eigenvalue weighted by Crippen LogP contribution is -2.45. The fourth-order valence-electron chi connectivity index (χ4n) is 3.46. The molecule has 0 saturated carbocycles. The Balaban J connectivity index is 1.46. The second kappa shape index (κ2) is 9.72. The number of piperidine rings is 1. The van der Waals surface area contributed by atoms with E-state index in [1.807, 2.05) is 19.1 Å². The average molecular weight is 447 g/mol. The summed E-state index contributed by atoms with van der Waals surface area (Å²) < 4.78 is 5.15. The second-order valence-electron chi connectivity index (χ2n) is 8.73. The maximum absolute atomic E-state index is 12.3. The van der Waals surface area contributed by atoms with Gasteiger partial charge in [-0.05, 0) is 52.2 Å². The first-order chi connectivity index (χ1) is 14.6. The topological polar surface area (TPSA) is 104 Å². The Morgan fingerprint density at radius 2 is 2.00 bits per heavy atom. The Kier molecular flexibility index (Phi) is 7.25. The molecule has 8 nitrogen and oxygen atoms in total. The quantitative estimate of drug-likeness (QED) is 0.732. The Morgan fingerprint density at radius 1 is 1.29 bits per heavy atom. The van der Waals surface area contributed by atoms with Crippen LogP contribution in [0.4, 0.5) is 4.79 Å². The lowest BCUT2D eigenvalue weighted by molar-refractivity contribution is -0.131. The number of hydrogen-bond donors (Lipinski definition) is 2. The van der Waals surface area contributed by atoms with Gasteiger partial charge in [-0.25, -0.2) is 9.78 Å². The van der Waals surface area contributed by atoms with Crippen molar-refractivity contribution < 1.29 is 14.3 Å². The van der Waals surface area contributed by atoms with Gasteiger partial charge in [-0.2, -0.15) is 11.8 Å². The molecule has 0 spiro atoms. The highest BCUT2D eigenvalue weighted by atomic mass is 32.2. The van der Waals surface area contributed by atoms with Crippen LogP contribution in [0.1, 0.15) is 45.0 Å². The average Bonchev–Trinajstić information content (AvgIpc) is 2.70. The molecule has 2 heterocycles. The SMILES string of the molecule is Cc1cccc2c(=O)[nH]c(CSC3CCN(C(=O)CNC(=O)OC(C)(C)C)CC3)nc12. The van der Waals surface area contributed by atoms with Gasteiger partial charge in [0.1, 0.15) is 18.0 Å². The van der Waals surface area contributed by atoms with E-state index in [1.165, 1.54) is 0 Å². The van der Waals surface area contributed by atoms with Crippen LogP contribution in [0, 0.1) is 6.92 Å². The Bertz CT molecular complexity index is 1010. The van der Waals surface area contributed by atoms with Gasteiger partial charge in [0.25, 0.3) is 5.56 Å². The Labute approximate surface area is 186 Å². The van der Waals surface area contributed by atoms with E-state index in [1.54, 1.807) is 43.5 Å². The molecule has 9 heteroatoms. The Hall–Kier alpha value is -2.55. The number of benzene rings is 1. The number of thioether (sulfide) groups is 1. The van der Waals surface area contributed by atoms with E-state index in [-0.39, 0.29) is 18.0 Å². The van der Waals surface area contributed by atoms with Crippen molar-refractivity contribution >= 4 is 34.7 Å². The zero-order chi connectivity index (χ0) is 22.6. The standard InChI is InChI=1S/C22H30N4O4S/c1-14-6-5-7-16-19(14)24-17(25-20(16)28)13-31-15-8-10-26(11-9-15)18(27)12-23-21(29)30-22(2,3)4/h5-7,15H,8-13H2,1-4H3,(H,23,29)(H,24,25,28). The van der Waals surface area contributed by atoms with Gasteiger partial charge in [0, 0.05) is 18.3 Å². The van der Waals surface area contributed by atoms with Crippen LogP contribution in [0.5, 0.6) is 0 Å². The molecule has 2 N–H and O–H groups in total. The minimum Gasteiger partial charge on any atom is -0.444 e. The number of carbonyl (C=O) groups excluding carboxylic acids is 2. The first kappa shape index (κ1) is 23.1. The first-order valence-electron chi connectivity index (χ1n) is 10.5. The number of amides is 2. The number of para-hydroxylation sites is 1. The predicted octanol–water partition coefficient (Wildman–Crippen LogP) is 2.98. The number of H-pyrrole nitrogens is 1. The summed E-state index contributed by atoms with van der Waals surface area (Å²) in [5.41, 5.74) is 1.04. The number of nitrogens with one attached hydrogen (secondary N) is 2. The van der Waals surface area contributed by atoms with Gasteiger partial charge in [0.05, 0.1) is 16.7 Å². The molecule has 3 rings (SSSR count). The minimum atomic E-state index is -0.592. The van der Waals surface area contributed by atoms with E-state index in [9.17, 15) is 14.4 Å². The zero-order valence-electron chi connectivity index (χ0n) is 18.5. The lowest BCUT2D eigenvalue weighted by Gasteiger charge is -2.31. The van der Waals surface area contributed by atoms with Gasteiger partial charge in [0.15, 0.2) is 0 Å². The molecule has 0 atom stereocenters. The fourth-order valence-corrected chi connectivity index (χ4v) is 4.54. The van der Waals surface area contributed by atoms with Crippen LogP contribution in [-0.4, -0.2) is 57.4 Å². The summed E-state index contributed by atoms with van der Waals surface area (Å²) in [5, 5.41) is 3.52. The minimum absolute atomic E-state index is 0.0612. The summed E-state index contributed by atoms with van der Waals surface area (Å²) in [4.78, 5) is 45.7. The van der Waals surface area contributed by atoms with E-state index < -0.39 is 11.7 Å². The third kappa shape index (κ3) is 6.46. The molecule has 1 fully saturated rings. The molecule has 0 bridgehead atoms. The Morgan fingerprint density at radius 3 is 2.68 bits per heavy atom. The van der Waals surface area contributed by atoms with Crippen molar-refractivity contribution in [3.63, 3.8) is 0 Å². The molecular weight excluding hydrogens is 416 g/mol. The number of aromatic nitrogens is 2. The smallest absolute Gasteiger partial charge is 0.408 e. The number of alkyl carbamates (subject to hydrolysis) is 1. The van der Waals surface area contributed by atoms with Crippen molar-refractivity contribution in [3.05, 3.63) is 39.9 Å². The number of aryl methyl sites for hydroxylation is 1. The zero-order valence-corrected chi connectivity index (χ0v) is 19.3. The van der Waals surface area contributed by atoms with Crippen LogP contribution in [0.3, 0.4) is 0 Å². The van der Waals surface area contributed by atoms with Gasteiger partial charge >= 0.3 is 6.09 Å². The van der Waals surface area contributed by atoms with Crippen molar-refractivity contribution in [1.29, 1.82) is 0 Å². The summed E-state index contributed by atoms with van der Waals surface area (Å²) in [6.45, 7) is 8.52. The number of likely N-dealkylation sites (tertiary alicyclic amines) is 1. The molecule has 168 valence electrons. The molecule has 1 aromatic carbocycles. The van der Waals surface area contributed by atoms with E-state index in [2.05, 4.69) is 15.3 Å². The number of nitrogens with zero attached hydrogens (tertiary/aromatic N) is 2. The van der Waals surface area contributed by atoms with Crippen LogP contribution in [0.2, 0.25) is 0 Å². The van der Waals surface area contributed by atoms with Gasteiger partial charge < -0.3 is 19.9 Å². The van der Waals surface area contributed by atoms with Crippen molar-refractivity contribution in [2.24, 2.45) is 0 Å². The third-order valence-corrected chi connectivity index (χ3v) is 6.40. The van der Waals surface area contributed by atoms with Gasteiger partial charge in [-0.15, -0.1) is 0 Å². The van der Waals surface area contributed by atoms with E-state index in [4.69, 9.17) is 4.74 Å². The maximum Gasteiger partial charge on any atom is 0.408 e. The van der Waals surface area contributed by atoms with Crippen LogP contribution in [0.25, 0.3) is 10.9 Å². The van der Waals surface area contributed by atoms with Crippen LogP contribution < -0.4 is 10.9 Å². The summed E-state index contributed by atoms with van der Waals surface area (Å²) in [5.74, 6) is 1.19. The first-order valence-corrected chi connectivity index (χ1v) is 11.5. The van der Waals surface area contributed by atoms with E-state index >= 15 is 0 Å². The van der Waals surface area contributed by atoms with Gasteiger partial charge in [-0.3, -0.25) is 9.59 Å². The van der Waals surface area contributed by atoms with Gasteiger partial charge in [0.2, 0.25) is 5.91 Å². The molecule has 0 radical (unpaired) electrons. The highest BCUT2D eigenvalue weighted by Crippen LogP contribution is 2.26. The maximum atomic E-state index is 12.3. The molecule has 1 aliphatic rings. The second-order valence-corrected chi connectivity index (χ2v) is 10.0. The van der Waals surface area contributed by atoms with Crippen LogP contribution in [-0.2, 0) is 15.3 Å². The number of rotatable bonds is 5. The molecule has 2 amide bonds. The van der Waals surface area contributed by atoms with Crippen molar-refractivity contribution in [2.45, 2.75) is 57.1 Å². The summed E-state index contributed by atoms with van der Waals surface area (Å²) >= 11 is 1.75. The number of hydrogen-bond acceptors (Lipinski definition) is 6. The third-order valence-electron chi connectivity index (χ3n) is 5.02. The highest BCUT2D eigenvalue weighted by Gasteiger charge is 2.24. The van der Waals surface area contributed by atoms with Gasteiger partial charge in [-0.1, -0.05) is 12.1 Å². The lowest BCUT2D eigenvalue weighted by atomic mass is 10.1. The highest BCUT2D eigenvalue weighted by molar-refractivity contribution is 7.99. The molecule has 0 aliphatic carbocycles. The molecule has 0 unspecified atom stereocenters. The molecular formula is C22H30N4O4S. The normalized spacial score (nSPS) is 15.2. The summed E-state index contributed by atoms with van der Waals surface area (Å²) in [6.07, 6.45) is 1.14. The van der Waals surface area contributed by atoms with E-state index in [0.29, 0.717) is 35.3 Å². The van der Waals surface area contributed by atoms with Crippen LogP contribution in [0.15, 0.2) is 23.0 Å².